The van der Waals surface area contributed by atoms with E-state index in [-0.39, 0.29) is 21.7 Å². The Morgan fingerprint density at radius 2 is 0.772 bits per heavy atom. The van der Waals surface area contributed by atoms with Gasteiger partial charge in [0.05, 0.1) is 0 Å². The van der Waals surface area contributed by atoms with Gasteiger partial charge in [0, 0.05) is 21.7 Å². The smallest absolute Gasteiger partial charge is 0.0159 e. The zero-order chi connectivity index (χ0) is 54.8. The highest BCUT2D eigenvalue weighted by Crippen LogP contribution is 2.59. The van der Waals surface area contributed by atoms with Crippen LogP contribution in [0.4, 0.5) is 0 Å². The van der Waals surface area contributed by atoms with Gasteiger partial charge >= 0.3 is 0 Å². The van der Waals surface area contributed by atoms with Gasteiger partial charge in [-0.2, -0.15) is 0 Å². The highest BCUT2D eigenvalue weighted by atomic mass is 14.5. The summed E-state index contributed by atoms with van der Waals surface area (Å²) < 4.78 is 0. The minimum absolute atomic E-state index is 0.0868. The molecule has 6 aliphatic carbocycles. The van der Waals surface area contributed by atoms with Crippen molar-refractivity contribution in [3.8, 4) is 66.8 Å². The van der Waals surface area contributed by atoms with Gasteiger partial charge in [-0.15, -0.1) is 0 Å². The van der Waals surface area contributed by atoms with Crippen LogP contribution in [0, 0.1) is 25.7 Å². The second-order valence-electron chi connectivity index (χ2n) is 26.3. The van der Waals surface area contributed by atoms with E-state index in [1.165, 1.54) is 172 Å². The van der Waals surface area contributed by atoms with Gasteiger partial charge in [-0.1, -0.05) is 225 Å². The predicted molar refractivity (Wildman–Crippen MR) is 339 cm³/mol. The maximum Gasteiger partial charge on any atom is 0.0159 e. The normalized spacial score (nSPS) is 18.8. The van der Waals surface area contributed by atoms with Gasteiger partial charge < -0.3 is 0 Å². The Bertz CT molecular complexity index is 3680. The summed E-state index contributed by atoms with van der Waals surface area (Å²) >= 11 is 0. The summed E-state index contributed by atoms with van der Waals surface area (Å²) in [5.74, 6) is 1.71. The summed E-state index contributed by atoms with van der Waals surface area (Å²) in [6, 6.07) is 56.5. The molecule has 0 nitrogen and oxygen atoms in total. The van der Waals surface area contributed by atoms with Gasteiger partial charge in [-0.3, -0.25) is 0 Å². The van der Waals surface area contributed by atoms with Gasteiger partial charge in [0.15, 0.2) is 0 Å². The van der Waals surface area contributed by atoms with Crippen LogP contribution in [0.1, 0.15) is 168 Å². The van der Waals surface area contributed by atoms with Crippen LogP contribution in [0.2, 0.25) is 0 Å². The fourth-order valence-electron chi connectivity index (χ4n) is 15.1. The standard InChI is InChI=1S/C64H56.C15H22/c1-37-11-19-41(20-12-37)43-23-27-47-51-35-57-49(33-59(51)63(7,8)55(47)31-43)45-25-17-39(29-53(45)61(57,3)4)15-16-40-18-26-46-50-34-60-52(36-58(50)62(5,6)54(46)30-40)48-28-24-44(32-56(48)64(60,9)10)42-21-13-38(2)14-22-42;1-2-15(13-9-5-3-6-10-13)14-11-7-4-8-12-14/h11-36H,1-10H3;3,5,7,11-13,15H,2,4,6,8-10H2,1H3/b16-15+;. The molecule has 2 atom stereocenters. The molecule has 2 unspecified atom stereocenters. The minimum atomic E-state index is -0.111. The van der Waals surface area contributed by atoms with Crippen LogP contribution < -0.4 is 0 Å². The molecule has 0 saturated heterocycles. The molecule has 0 spiro atoms. The first-order valence-electron chi connectivity index (χ1n) is 29.7. The van der Waals surface area contributed by atoms with E-state index in [1.54, 1.807) is 5.57 Å². The summed E-state index contributed by atoms with van der Waals surface area (Å²) in [5.41, 5.74) is 33.9. The number of aryl methyl sites for hydroxylation is 2. The van der Waals surface area contributed by atoms with Gasteiger partial charge in [0.25, 0.3) is 0 Å². The Morgan fingerprint density at radius 3 is 1.14 bits per heavy atom. The Morgan fingerprint density at radius 1 is 0.392 bits per heavy atom. The molecular weight excluding hydrogens is 949 g/mol. The first-order chi connectivity index (χ1) is 37.9. The van der Waals surface area contributed by atoms with E-state index < -0.39 is 0 Å². The molecule has 6 aliphatic rings. The van der Waals surface area contributed by atoms with Crippen molar-refractivity contribution in [1.82, 2.24) is 0 Å². The summed E-state index contributed by atoms with van der Waals surface area (Å²) in [6.07, 6.45) is 24.3. The van der Waals surface area contributed by atoms with E-state index in [9.17, 15) is 0 Å². The maximum absolute atomic E-state index is 2.53. The Labute approximate surface area is 472 Å². The van der Waals surface area contributed by atoms with Gasteiger partial charge in [-0.25, -0.2) is 0 Å². The predicted octanol–water partition coefficient (Wildman–Crippen LogP) is 21.7. The zero-order valence-electron chi connectivity index (χ0n) is 48.8. The minimum Gasteiger partial charge on any atom is -0.0885 e. The van der Waals surface area contributed by atoms with Crippen molar-refractivity contribution in [2.24, 2.45) is 11.8 Å². The average molecular weight is 1030 g/mol. The molecule has 0 aliphatic heterocycles. The summed E-state index contributed by atoms with van der Waals surface area (Å²) in [4.78, 5) is 0. The van der Waals surface area contributed by atoms with Gasteiger partial charge in [-0.05, 0) is 229 Å². The van der Waals surface area contributed by atoms with Crippen molar-refractivity contribution in [3.63, 3.8) is 0 Å². The maximum atomic E-state index is 2.53. The van der Waals surface area contributed by atoms with Crippen molar-refractivity contribution < 1.29 is 0 Å². The number of fused-ring (bicyclic) bond motifs is 12. The molecular formula is C79H78. The first kappa shape index (κ1) is 51.2. The number of allylic oxidation sites excluding steroid dienone is 6. The third-order valence-corrected chi connectivity index (χ3v) is 20.0. The topological polar surface area (TPSA) is 0 Å². The Kier molecular flexibility index (Phi) is 12.3. The third-order valence-electron chi connectivity index (χ3n) is 20.0. The lowest BCUT2D eigenvalue weighted by atomic mass is 9.76. The molecule has 0 aromatic heterocycles. The molecule has 0 radical (unpaired) electrons. The van der Waals surface area contributed by atoms with Crippen molar-refractivity contribution >= 4 is 12.2 Å². The highest BCUT2D eigenvalue weighted by Gasteiger charge is 2.44. The van der Waals surface area contributed by atoms with E-state index in [0.717, 1.165) is 11.8 Å². The first-order valence-corrected chi connectivity index (χ1v) is 29.7. The quantitative estimate of drug-likeness (QED) is 0.110. The SMILES string of the molecule is CCC(C1=CCCC=C1)C1CC=CCC1.Cc1ccc(-c2ccc3c(c2)C(C)(C)c2cc4c(cc2-3)C(C)(C)c2cc(/C=C/c3ccc5c(c3)C(C)(C)c3cc6c(cc3-5)C(C)(C)c3cc(-c5ccc(C)cc5)ccc3-6)ccc2-4)cc1. The Hall–Kier alpha value is -7.28. The van der Waals surface area contributed by atoms with Crippen LogP contribution in [0.5, 0.6) is 0 Å². The summed E-state index contributed by atoms with van der Waals surface area (Å²) in [7, 11) is 0. The molecule has 14 rings (SSSR count). The number of benzene rings is 8. The number of hydrogen-bond donors (Lipinski definition) is 0. The summed E-state index contributed by atoms with van der Waals surface area (Å²) in [5, 5.41) is 0. The molecule has 0 N–H and O–H groups in total. The van der Waals surface area contributed by atoms with Crippen molar-refractivity contribution in [1.29, 1.82) is 0 Å². The van der Waals surface area contributed by atoms with E-state index in [2.05, 4.69) is 264 Å². The third kappa shape index (κ3) is 8.37. The fraction of sp³-hybridized carbons (Fsp3) is 0.291. The van der Waals surface area contributed by atoms with E-state index in [0.29, 0.717) is 0 Å². The molecule has 0 bridgehead atoms. The monoisotopic (exact) mass is 1030 g/mol. The number of hydrogen-bond acceptors (Lipinski definition) is 0. The van der Waals surface area contributed by atoms with Crippen LogP contribution >= 0.6 is 0 Å². The van der Waals surface area contributed by atoms with Gasteiger partial charge in [0.2, 0.25) is 0 Å². The molecule has 8 aromatic carbocycles. The van der Waals surface area contributed by atoms with E-state index in [4.69, 9.17) is 0 Å². The van der Waals surface area contributed by atoms with Crippen molar-refractivity contribution in [2.75, 3.05) is 0 Å². The lowest BCUT2D eigenvalue weighted by molar-refractivity contribution is 0.344. The molecule has 0 amide bonds. The van der Waals surface area contributed by atoms with Gasteiger partial charge in [0.1, 0.15) is 0 Å². The van der Waals surface area contributed by atoms with Crippen LogP contribution in [0.3, 0.4) is 0 Å². The van der Waals surface area contributed by atoms with E-state index >= 15 is 0 Å². The second-order valence-corrected chi connectivity index (χ2v) is 26.3. The number of rotatable bonds is 7. The molecule has 79 heavy (non-hydrogen) atoms. The average Bonchev–Trinajstić information content (AvgIpc) is 3.63. The zero-order valence-corrected chi connectivity index (χ0v) is 48.8. The lowest BCUT2D eigenvalue weighted by Gasteiger charge is -2.29. The fourth-order valence-corrected chi connectivity index (χ4v) is 15.1. The van der Waals surface area contributed by atoms with Crippen LogP contribution in [0.15, 0.2) is 182 Å². The molecule has 0 heterocycles. The summed E-state index contributed by atoms with van der Waals surface area (Å²) in [6.45, 7) is 25.9. The second kappa shape index (κ2) is 18.9. The van der Waals surface area contributed by atoms with Crippen LogP contribution in [0.25, 0.3) is 78.9 Å². The van der Waals surface area contributed by atoms with E-state index in [1.807, 2.05) is 0 Å². The molecule has 0 fully saturated rings. The molecule has 0 saturated carbocycles. The van der Waals surface area contributed by atoms with Crippen LogP contribution in [-0.2, 0) is 21.7 Å². The molecule has 394 valence electrons. The van der Waals surface area contributed by atoms with Crippen LogP contribution in [-0.4, -0.2) is 0 Å². The largest absolute Gasteiger partial charge is 0.0885 e. The van der Waals surface area contributed by atoms with Crippen molar-refractivity contribution in [2.45, 2.75) is 136 Å². The Balaban J connectivity index is 0.000000341. The highest BCUT2D eigenvalue weighted by molar-refractivity contribution is 5.93. The lowest BCUT2D eigenvalue weighted by Crippen LogP contribution is -2.17. The van der Waals surface area contributed by atoms with Crippen molar-refractivity contribution in [3.05, 3.63) is 248 Å². The molecule has 0 heteroatoms. The molecule has 8 aromatic rings.